The van der Waals surface area contributed by atoms with Gasteiger partial charge >= 0.3 is 5.97 Å². The van der Waals surface area contributed by atoms with Crippen molar-refractivity contribution in [2.45, 2.75) is 32.4 Å². The molecule has 1 aromatic heterocycles. The lowest BCUT2D eigenvalue weighted by Crippen LogP contribution is -2.21. The smallest absolute Gasteiger partial charge is 0.340 e. The Balaban J connectivity index is 2.21. The molecule has 0 saturated carbocycles. The third-order valence-electron chi connectivity index (χ3n) is 3.48. The molecule has 0 spiro atoms. The van der Waals surface area contributed by atoms with E-state index >= 15 is 0 Å². The first-order valence-electron chi connectivity index (χ1n) is 7.26. The van der Waals surface area contributed by atoms with Gasteiger partial charge in [-0.25, -0.2) is 4.79 Å². The summed E-state index contributed by atoms with van der Waals surface area (Å²) in [5.41, 5.74) is 1.53. The highest BCUT2D eigenvalue weighted by Gasteiger charge is 2.16. The third kappa shape index (κ3) is 4.21. The molecule has 2 rings (SSSR count). The van der Waals surface area contributed by atoms with E-state index < -0.39 is 8.07 Å². The number of rotatable bonds is 6. The Morgan fingerprint density at radius 2 is 2.05 bits per heavy atom. The van der Waals surface area contributed by atoms with Gasteiger partial charge in [0.2, 0.25) is 0 Å². The van der Waals surface area contributed by atoms with Gasteiger partial charge in [-0.05, 0) is 18.2 Å². The topological polar surface area (TPSA) is 40.5 Å². The monoisotopic (exact) mass is 383 g/mol. The molecule has 4 nitrogen and oxygen atoms in total. The molecule has 0 unspecified atom stereocenters. The van der Waals surface area contributed by atoms with Gasteiger partial charge < -0.3 is 14.0 Å². The first-order valence-corrected chi connectivity index (χ1v) is 11.8. The number of carbonyl (C=O) groups excluding carboxylic acids is 1. The predicted octanol–water partition coefficient (Wildman–Crippen LogP) is 4.50. The van der Waals surface area contributed by atoms with E-state index in [1.54, 1.807) is 6.20 Å². The van der Waals surface area contributed by atoms with E-state index in [1.165, 1.54) is 7.11 Å². The highest BCUT2D eigenvalue weighted by molar-refractivity contribution is 9.10. The van der Waals surface area contributed by atoms with Crippen molar-refractivity contribution in [2.24, 2.45) is 0 Å². The molecule has 120 valence electrons. The maximum absolute atomic E-state index is 11.9. The lowest BCUT2D eigenvalue weighted by Gasteiger charge is -2.15. The molecule has 0 atom stereocenters. The number of ether oxygens (including phenoxy) is 2. The van der Waals surface area contributed by atoms with Gasteiger partial charge in [0, 0.05) is 30.7 Å². The van der Waals surface area contributed by atoms with Gasteiger partial charge in [0.1, 0.15) is 6.73 Å². The Morgan fingerprint density at radius 1 is 1.32 bits per heavy atom. The number of aromatic nitrogens is 1. The first-order chi connectivity index (χ1) is 10.3. The van der Waals surface area contributed by atoms with Gasteiger partial charge in [-0.3, -0.25) is 0 Å². The number of benzene rings is 1. The van der Waals surface area contributed by atoms with E-state index in [0.29, 0.717) is 12.3 Å². The molecule has 0 aliphatic carbocycles. The Hall–Kier alpha value is -1.11. The second-order valence-electron chi connectivity index (χ2n) is 6.51. The summed E-state index contributed by atoms with van der Waals surface area (Å²) in [7, 11) is 0.305. The van der Waals surface area contributed by atoms with Crippen LogP contribution < -0.4 is 0 Å². The molecule has 1 aromatic carbocycles. The second-order valence-corrected chi connectivity index (χ2v) is 13.1. The van der Waals surface area contributed by atoms with Crippen LogP contribution in [0.2, 0.25) is 25.7 Å². The van der Waals surface area contributed by atoms with Gasteiger partial charge in [-0.15, -0.1) is 0 Å². The summed E-state index contributed by atoms with van der Waals surface area (Å²) in [5.74, 6) is -0.326. The van der Waals surface area contributed by atoms with E-state index in [1.807, 2.05) is 22.8 Å². The molecule has 0 saturated heterocycles. The van der Waals surface area contributed by atoms with Crippen molar-refractivity contribution in [2.75, 3.05) is 13.7 Å². The molecule has 0 fully saturated rings. The third-order valence-corrected chi connectivity index (χ3v) is 5.67. The number of halogens is 1. The van der Waals surface area contributed by atoms with Crippen molar-refractivity contribution in [1.29, 1.82) is 0 Å². The minimum absolute atomic E-state index is 0.326. The van der Waals surface area contributed by atoms with Crippen LogP contribution in [0, 0.1) is 0 Å². The van der Waals surface area contributed by atoms with E-state index in [9.17, 15) is 4.79 Å². The van der Waals surface area contributed by atoms with Crippen molar-refractivity contribution in [3.63, 3.8) is 0 Å². The van der Waals surface area contributed by atoms with Gasteiger partial charge in [0.15, 0.2) is 0 Å². The fraction of sp³-hybridized carbons (Fsp3) is 0.438. The largest absolute Gasteiger partial charge is 0.465 e. The Kier molecular flexibility index (Phi) is 5.47. The number of carbonyl (C=O) groups is 1. The molecule has 22 heavy (non-hydrogen) atoms. The zero-order valence-electron chi connectivity index (χ0n) is 13.5. The van der Waals surface area contributed by atoms with Crippen LogP contribution in [-0.4, -0.2) is 32.3 Å². The summed E-state index contributed by atoms with van der Waals surface area (Å²) in [5, 5.41) is 0.879. The van der Waals surface area contributed by atoms with Crippen LogP contribution in [0.3, 0.4) is 0 Å². The highest BCUT2D eigenvalue weighted by atomic mass is 79.9. The van der Waals surface area contributed by atoms with Gasteiger partial charge in [-0.1, -0.05) is 41.6 Å². The van der Waals surface area contributed by atoms with E-state index in [4.69, 9.17) is 9.47 Å². The summed E-state index contributed by atoms with van der Waals surface area (Å²) in [4.78, 5) is 11.9. The van der Waals surface area contributed by atoms with E-state index in [-0.39, 0.29) is 5.97 Å². The summed E-state index contributed by atoms with van der Waals surface area (Å²) in [6, 6.07) is 6.96. The second kappa shape index (κ2) is 6.98. The number of hydrogen-bond acceptors (Lipinski definition) is 3. The Morgan fingerprint density at radius 3 is 2.68 bits per heavy atom. The van der Waals surface area contributed by atoms with Gasteiger partial charge in [-0.2, -0.15) is 0 Å². The molecule has 6 heteroatoms. The molecule has 0 aliphatic rings. The van der Waals surface area contributed by atoms with Crippen LogP contribution in [0.4, 0.5) is 0 Å². The molecule has 1 heterocycles. The summed E-state index contributed by atoms with van der Waals surface area (Å²) in [6.45, 7) is 8.17. The van der Waals surface area contributed by atoms with Crippen molar-refractivity contribution < 1.29 is 14.3 Å². The molecule has 0 bridgehead atoms. The quantitative estimate of drug-likeness (QED) is 0.418. The SMILES string of the molecule is COC(=O)c1cn(COCC[Si](C)(C)C)c2cc(Br)ccc12. The fourth-order valence-corrected chi connectivity index (χ4v) is 3.29. The van der Waals surface area contributed by atoms with Crippen molar-refractivity contribution >= 4 is 40.9 Å². The van der Waals surface area contributed by atoms with E-state index in [2.05, 4.69) is 35.6 Å². The Labute approximate surface area is 140 Å². The van der Waals surface area contributed by atoms with Crippen LogP contribution in [0.5, 0.6) is 0 Å². The Bertz CT molecular complexity index is 676. The molecule has 0 amide bonds. The average Bonchev–Trinajstić information content (AvgIpc) is 2.80. The van der Waals surface area contributed by atoms with Crippen LogP contribution in [0.15, 0.2) is 28.9 Å². The standard InChI is InChI=1S/C16H22BrNO3Si/c1-20-16(19)14-10-18(11-21-7-8-22(2,3)4)15-9-12(17)5-6-13(14)15/h5-6,9-10H,7-8,11H2,1-4H3. The number of nitrogens with zero attached hydrogens (tertiary/aromatic N) is 1. The molecule has 0 aliphatic heterocycles. The number of fused-ring (bicyclic) bond motifs is 1. The molecular weight excluding hydrogens is 362 g/mol. The maximum atomic E-state index is 11.9. The minimum Gasteiger partial charge on any atom is -0.465 e. The van der Waals surface area contributed by atoms with Crippen LogP contribution in [0.25, 0.3) is 10.9 Å². The zero-order chi connectivity index (χ0) is 16.3. The average molecular weight is 384 g/mol. The first kappa shape index (κ1) is 17.2. The normalized spacial score (nSPS) is 11.9. The maximum Gasteiger partial charge on any atom is 0.340 e. The minimum atomic E-state index is -1.09. The van der Waals surface area contributed by atoms with Crippen LogP contribution >= 0.6 is 15.9 Å². The molecule has 2 aromatic rings. The predicted molar refractivity (Wildman–Crippen MR) is 95.1 cm³/mol. The van der Waals surface area contributed by atoms with Crippen LogP contribution in [-0.2, 0) is 16.2 Å². The summed E-state index contributed by atoms with van der Waals surface area (Å²) < 4.78 is 13.6. The van der Waals surface area contributed by atoms with Gasteiger partial charge in [0.25, 0.3) is 0 Å². The van der Waals surface area contributed by atoms with Crippen molar-refractivity contribution in [1.82, 2.24) is 4.57 Å². The molecule has 0 N–H and O–H groups in total. The molecule has 0 radical (unpaired) electrons. The van der Waals surface area contributed by atoms with Gasteiger partial charge in [0.05, 0.1) is 18.2 Å². The lowest BCUT2D eigenvalue weighted by atomic mass is 10.2. The summed E-state index contributed by atoms with van der Waals surface area (Å²) >= 11 is 3.47. The number of hydrogen-bond donors (Lipinski definition) is 0. The van der Waals surface area contributed by atoms with Crippen molar-refractivity contribution in [3.05, 3.63) is 34.4 Å². The van der Waals surface area contributed by atoms with Crippen molar-refractivity contribution in [3.8, 4) is 0 Å². The molecular formula is C16H22BrNO3Si. The fourth-order valence-electron chi connectivity index (χ4n) is 2.19. The van der Waals surface area contributed by atoms with Crippen LogP contribution in [0.1, 0.15) is 10.4 Å². The van der Waals surface area contributed by atoms with E-state index in [0.717, 1.165) is 28.0 Å². The zero-order valence-corrected chi connectivity index (χ0v) is 16.1. The number of esters is 1. The summed E-state index contributed by atoms with van der Waals surface area (Å²) in [6.07, 6.45) is 1.80. The number of methoxy groups -OCH3 is 1. The lowest BCUT2D eigenvalue weighted by molar-refractivity contribution is 0.0601. The highest BCUT2D eigenvalue weighted by Crippen LogP contribution is 2.26.